The summed E-state index contributed by atoms with van der Waals surface area (Å²) in [6.07, 6.45) is 1.28. The Hall–Kier alpha value is -2.63. The predicted molar refractivity (Wildman–Crippen MR) is 68.9 cm³/mol. The fraction of sp³-hybridized carbons (Fsp3) is 0.214. The number of cyclic esters (lactones) is 1. The van der Waals surface area contributed by atoms with Crippen molar-refractivity contribution in [3.63, 3.8) is 0 Å². The fourth-order valence-electron chi connectivity index (χ4n) is 1.99. The van der Waals surface area contributed by atoms with E-state index in [9.17, 15) is 14.4 Å². The molecule has 0 aromatic heterocycles. The number of carboxylic acid groups (broad SMARTS) is 1. The molecule has 1 atom stereocenters. The average molecular weight is 275 g/mol. The first-order valence-corrected chi connectivity index (χ1v) is 6.03. The molecule has 0 aliphatic carbocycles. The standard InChI is InChI=1S/C14H13NO5/c16-12(6-7-13(17)18)15-11(9-20-14(15)19)8-10-4-2-1-3-5-10/h1-7,11H,8-9H2,(H,17,18). The fourth-order valence-corrected chi connectivity index (χ4v) is 1.99. The normalized spacial score (nSPS) is 18.3. The number of nitrogens with zero attached hydrogens (tertiary/aromatic N) is 1. The molecule has 1 heterocycles. The molecule has 1 fully saturated rings. The molecular formula is C14H13NO5. The Labute approximate surface area is 115 Å². The van der Waals surface area contributed by atoms with E-state index in [0.717, 1.165) is 16.5 Å². The van der Waals surface area contributed by atoms with Gasteiger partial charge in [0.2, 0.25) is 0 Å². The molecule has 2 amide bonds. The summed E-state index contributed by atoms with van der Waals surface area (Å²) in [5.74, 6) is -1.93. The van der Waals surface area contributed by atoms with Gasteiger partial charge in [-0.15, -0.1) is 0 Å². The van der Waals surface area contributed by atoms with Gasteiger partial charge in [0.15, 0.2) is 0 Å². The zero-order valence-electron chi connectivity index (χ0n) is 10.6. The predicted octanol–water partition coefficient (Wildman–Crippen LogP) is 1.22. The number of imide groups is 1. The number of ether oxygens (including phenoxy) is 1. The van der Waals surface area contributed by atoms with Crippen molar-refractivity contribution in [3.05, 3.63) is 48.0 Å². The van der Waals surface area contributed by atoms with E-state index in [1.165, 1.54) is 0 Å². The van der Waals surface area contributed by atoms with Gasteiger partial charge in [-0.2, -0.15) is 0 Å². The maximum atomic E-state index is 11.8. The quantitative estimate of drug-likeness (QED) is 0.835. The van der Waals surface area contributed by atoms with Crippen molar-refractivity contribution >= 4 is 18.0 Å². The number of carboxylic acids is 1. The second kappa shape index (κ2) is 6.01. The lowest BCUT2D eigenvalue weighted by Crippen LogP contribution is -2.39. The molecule has 1 N–H and O–H groups in total. The van der Waals surface area contributed by atoms with E-state index < -0.39 is 24.0 Å². The molecule has 104 valence electrons. The first-order valence-electron chi connectivity index (χ1n) is 6.03. The van der Waals surface area contributed by atoms with Gasteiger partial charge in [0.25, 0.3) is 5.91 Å². The highest BCUT2D eigenvalue weighted by molar-refractivity contribution is 6.02. The van der Waals surface area contributed by atoms with Crippen LogP contribution in [-0.4, -0.2) is 40.6 Å². The summed E-state index contributed by atoms with van der Waals surface area (Å²) < 4.78 is 4.86. The van der Waals surface area contributed by atoms with E-state index in [4.69, 9.17) is 9.84 Å². The van der Waals surface area contributed by atoms with Crippen LogP contribution < -0.4 is 0 Å². The minimum Gasteiger partial charge on any atom is -0.478 e. The largest absolute Gasteiger partial charge is 0.478 e. The Balaban J connectivity index is 2.10. The highest BCUT2D eigenvalue weighted by Crippen LogP contribution is 2.17. The highest BCUT2D eigenvalue weighted by Gasteiger charge is 2.36. The first-order chi connectivity index (χ1) is 9.58. The molecular weight excluding hydrogens is 262 g/mol. The summed E-state index contributed by atoms with van der Waals surface area (Å²) in [6.45, 7) is 0.111. The van der Waals surface area contributed by atoms with Gasteiger partial charge in [-0.25, -0.2) is 14.5 Å². The topological polar surface area (TPSA) is 83.9 Å². The van der Waals surface area contributed by atoms with Crippen molar-refractivity contribution in [1.82, 2.24) is 4.90 Å². The van der Waals surface area contributed by atoms with Crippen LogP contribution in [0.25, 0.3) is 0 Å². The number of carbonyl (C=O) groups is 3. The number of benzene rings is 1. The second-order valence-electron chi connectivity index (χ2n) is 4.30. The van der Waals surface area contributed by atoms with Crippen molar-refractivity contribution in [2.24, 2.45) is 0 Å². The summed E-state index contributed by atoms with van der Waals surface area (Å²) in [5, 5.41) is 8.50. The molecule has 0 spiro atoms. The van der Waals surface area contributed by atoms with E-state index >= 15 is 0 Å². The Kier molecular flexibility index (Phi) is 4.14. The third-order valence-electron chi connectivity index (χ3n) is 2.88. The maximum absolute atomic E-state index is 11.8. The van der Waals surface area contributed by atoms with E-state index in [2.05, 4.69) is 0 Å². The van der Waals surface area contributed by atoms with Crippen LogP contribution in [0.1, 0.15) is 5.56 Å². The second-order valence-corrected chi connectivity index (χ2v) is 4.30. The molecule has 6 nitrogen and oxygen atoms in total. The first kappa shape index (κ1) is 13.8. The van der Waals surface area contributed by atoms with Crippen LogP contribution in [0, 0.1) is 0 Å². The minimum absolute atomic E-state index is 0.111. The van der Waals surface area contributed by atoms with Gasteiger partial charge in [0.1, 0.15) is 6.61 Å². The van der Waals surface area contributed by atoms with Gasteiger partial charge in [0.05, 0.1) is 6.04 Å². The SMILES string of the molecule is O=C(O)C=CC(=O)N1C(=O)OCC1Cc1ccccc1. The van der Waals surface area contributed by atoms with Gasteiger partial charge in [-0.1, -0.05) is 30.3 Å². The number of amides is 2. The van der Waals surface area contributed by atoms with E-state index in [0.29, 0.717) is 12.5 Å². The third kappa shape index (κ3) is 3.23. The van der Waals surface area contributed by atoms with E-state index in [1.807, 2.05) is 30.3 Å². The van der Waals surface area contributed by atoms with Gasteiger partial charge >= 0.3 is 12.1 Å². The Morgan fingerprint density at radius 3 is 2.65 bits per heavy atom. The van der Waals surface area contributed by atoms with Crippen LogP contribution in [0.3, 0.4) is 0 Å². The molecule has 0 bridgehead atoms. The molecule has 2 rings (SSSR count). The number of aliphatic carboxylic acids is 1. The molecule has 6 heteroatoms. The third-order valence-corrected chi connectivity index (χ3v) is 2.88. The van der Waals surface area contributed by atoms with Crippen molar-refractivity contribution in [2.45, 2.75) is 12.5 Å². The maximum Gasteiger partial charge on any atom is 0.417 e. The Morgan fingerprint density at radius 1 is 1.30 bits per heavy atom. The van der Waals surface area contributed by atoms with Crippen molar-refractivity contribution in [1.29, 1.82) is 0 Å². The molecule has 0 saturated carbocycles. The number of rotatable bonds is 4. The van der Waals surface area contributed by atoms with Crippen LogP contribution >= 0.6 is 0 Å². The molecule has 1 aliphatic heterocycles. The lowest BCUT2D eigenvalue weighted by molar-refractivity contribution is -0.132. The van der Waals surface area contributed by atoms with Gasteiger partial charge in [0, 0.05) is 12.2 Å². The van der Waals surface area contributed by atoms with Gasteiger partial charge in [-0.3, -0.25) is 4.79 Å². The summed E-state index contributed by atoms with van der Waals surface area (Å²) in [6, 6.07) is 8.96. The summed E-state index contributed by atoms with van der Waals surface area (Å²) in [5.41, 5.74) is 0.968. The number of carbonyl (C=O) groups excluding carboxylic acids is 2. The zero-order valence-corrected chi connectivity index (χ0v) is 10.6. The zero-order chi connectivity index (χ0) is 14.5. The monoisotopic (exact) mass is 275 g/mol. The smallest absolute Gasteiger partial charge is 0.417 e. The van der Waals surface area contributed by atoms with Crippen molar-refractivity contribution < 1.29 is 24.2 Å². The minimum atomic E-state index is -1.24. The van der Waals surface area contributed by atoms with Crippen LogP contribution in [0.5, 0.6) is 0 Å². The molecule has 20 heavy (non-hydrogen) atoms. The molecule has 1 saturated heterocycles. The van der Waals surface area contributed by atoms with Gasteiger partial charge < -0.3 is 9.84 Å². The highest BCUT2D eigenvalue weighted by atomic mass is 16.6. The van der Waals surface area contributed by atoms with Crippen LogP contribution in [0.4, 0.5) is 4.79 Å². The van der Waals surface area contributed by atoms with Gasteiger partial charge in [-0.05, 0) is 12.0 Å². The van der Waals surface area contributed by atoms with Crippen LogP contribution in [-0.2, 0) is 20.7 Å². The molecule has 1 aromatic carbocycles. The molecule has 0 radical (unpaired) electrons. The Morgan fingerprint density at radius 2 is 2.00 bits per heavy atom. The van der Waals surface area contributed by atoms with Crippen molar-refractivity contribution in [3.8, 4) is 0 Å². The lowest BCUT2D eigenvalue weighted by atomic mass is 10.1. The summed E-state index contributed by atoms with van der Waals surface area (Å²) in [4.78, 5) is 34.7. The summed E-state index contributed by atoms with van der Waals surface area (Å²) >= 11 is 0. The molecule has 1 aliphatic rings. The lowest BCUT2D eigenvalue weighted by Gasteiger charge is -2.17. The number of hydrogen-bond donors (Lipinski definition) is 1. The Bertz CT molecular complexity index is 552. The summed E-state index contributed by atoms with van der Waals surface area (Å²) in [7, 11) is 0. The average Bonchev–Trinajstić information content (AvgIpc) is 2.78. The van der Waals surface area contributed by atoms with Crippen LogP contribution in [0.15, 0.2) is 42.5 Å². The van der Waals surface area contributed by atoms with E-state index in [-0.39, 0.29) is 6.61 Å². The van der Waals surface area contributed by atoms with Crippen LogP contribution in [0.2, 0.25) is 0 Å². The molecule has 1 unspecified atom stereocenters. The number of hydrogen-bond acceptors (Lipinski definition) is 4. The van der Waals surface area contributed by atoms with Crippen molar-refractivity contribution in [2.75, 3.05) is 6.61 Å². The van der Waals surface area contributed by atoms with E-state index in [1.54, 1.807) is 0 Å². The molecule has 1 aromatic rings.